The average molecular weight is 485 g/mol. The summed E-state index contributed by atoms with van der Waals surface area (Å²) in [6.45, 7) is 4.42. The molecule has 4 rings (SSSR count). The quantitative estimate of drug-likeness (QED) is 0.278. The van der Waals surface area contributed by atoms with Crippen LogP contribution in [0.15, 0.2) is 66.3 Å². The lowest BCUT2D eigenvalue weighted by Crippen LogP contribution is -2.22. The van der Waals surface area contributed by atoms with Crippen LogP contribution < -0.4 is 5.32 Å². The second-order valence-electron chi connectivity index (χ2n) is 6.78. The van der Waals surface area contributed by atoms with Crippen molar-refractivity contribution < 1.29 is 13.6 Å². The molecule has 0 radical (unpaired) electrons. The van der Waals surface area contributed by atoms with E-state index in [1.807, 2.05) is 0 Å². The molecule has 7 nitrogen and oxygen atoms in total. The number of amides is 1. The second-order valence-corrected chi connectivity index (χ2v) is 8.79. The highest BCUT2D eigenvalue weighted by Crippen LogP contribution is 2.28. The predicted octanol–water partition coefficient (Wildman–Crippen LogP) is 4.48. The summed E-state index contributed by atoms with van der Waals surface area (Å²) in [5.41, 5.74) is 1.13. The molecule has 1 amide bonds. The number of carbonyl (C=O) groups excluding carboxylic acids is 1. The lowest BCUT2D eigenvalue weighted by molar-refractivity contribution is 0.0950. The van der Waals surface area contributed by atoms with Crippen molar-refractivity contribution in [2.24, 2.45) is 0 Å². The number of aromatic nitrogens is 5. The summed E-state index contributed by atoms with van der Waals surface area (Å²) >= 11 is 2.53. The largest absolute Gasteiger partial charge is 0.346 e. The highest BCUT2D eigenvalue weighted by atomic mass is 32.2. The van der Waals surface area contributed by atoms with Gasteiger partial charge >= 0.3 is 0 Å². The maximum atomic E-state index is 14.2. The fourth-order valence-corrected chi connectivity index (χ4v) is 4.61. The van der Waals surface area contributed by atoms with E-state index < -0.39 is 0 Å². The average Bonchev–Trinajstić information content (AvgIpc) is 3.45. The molecule has 0 bridgehead atoms. The molecule has 33 heavy (non-hydrogen) atoms. The molecule has 11 heteroatoms. The van der Waals surface area contributed by atoms with Crippen LogP contribution in [0.4, 0.5) is 8.78 Å². The van der Waals surface area contributed by atoms with Gasteiger partial charge in [0.1, 0.15) is 16.6 Å². The van der Waals surface area contributed by atoms with Crippen LogP contribution in [-0.4, -0.2) is 30.9 Å². The Bertz CT molecular complexity index is 1270. The normalized spacial score (nSPS) is 10.8. The molecule has 4 aromatic rings. The Balaban J connectivity index is 1.41. The van der Waals surface area contributed by atoms with Gasteiger partial charge in [0.05, 0.1) is 11.3 Å². The Morgan fingerprint density at radius 3 is 2.64 bits per heavy atom. The van der Waals surface area contributed by atoms with Crippen LogP contribution in [0.3, 0.4) is 0 Å². The molecule has 0 unspecified atom stereocenters. The Kier molecular flexibility index (Phi) is 7.20. The van der Waals surface area contributed by atoms with Crippen molar-refractivity contribution in [3.8, 4) is 11.4 Å². The van der Waals surface area contributed by atoms with Gasteiger partial charge in [0.2, 0.25) is 5.01 Å². The zero-order valence-corrected chi connectivity index (χ0v) is 18.9. The number of halogens is 2. The SMILES string of the molecule is C=CCn1c(SCc2nnc(C(=O)NCc3ccc(F)cc3)s2)nnc1-c1ccccc1F. The monoisotopic (exact) mass is 484 g/mol. The summed E-state index contributed by atoms with van der Waals surface area (Å²) in [6.07, 6.45) is 1.69. The van der Waals surface area contributed by atoms with Crippen LogP contribution in [0.25, 0.3) is 11.4 Å². The van der Waals surface area contributed by atoms with E-state index in [-0.39, 0.29) is 29.1 Å². The Morgan fingerprint density at radius 1 is 1.09 bits per heavy atom. The number of allylic oxidation sites excluding steroid dienone is 1. The van der Waals surface area contributed by atoms with E-state index in [1.54, 1.807) is 41.0 Å². The van der Waals surface area contributed by atoms with Crippen LogP contribution in [0.2, 0.25) is 0 Å². The molecule has 0 saturated heterocycles. The number of nitrogens with zero attached hydrogens (tertiary/aromatic N) is 5. The standard InChI is InChI=1S/C22H18F2N6OS2/c1-2-11-30-19(16-5-3-4-6-17(16)24)27-29-22(30)32-13-18-26-28-21(33-18)20(31)25-12-14-7-9-15(23)10-8-14/h2-10H,1,11-13H2,(H,25,31). The van der Waals surface area contributed by atoms with E-state index in [0.717, 1.165) is 5.56 Å². The molecule has 0 saturated carbocycles. The zero-order valence-electron chi connectivity index (χ0n) is 17.2. The zero-order chi connectivity index (χ0) is 23.2. The van der Waals surface area contributed by atoms with Crippen molar-refractivity contribution in [1.82, 2.24) is 30.3 Å². The number of hydrogen-bond acceptors (Lipinski definition) is 7. The third kappa shape index (κ3) is 5.49. The Hall–Kier alpha value is -3.44. The predicted molar refractivity (Wildman–Crippen MR) is 123 cm³/mol. The maximum Gasteiger partial charge on any atom is 0.282 e. The highest BCUT2D eigenvalue weighted by Gasteiger charge is 2.18. The van der Waals surface area contributed by atoms with Crippen LogP contribution in [0.1, 0.15) is 20.4 Å². The molecule has 2 heterocycles. The van der Waals surface area contributed by atoms with Crippen molar-refractivity contribution in [2.45, 2.75) is 24.0 Å². The smallest absolute Gasteiger partial charge is 0.282 e. The molecule has 0 spiro atoms. The number of benzene rings is 2. The van der Waals surface area contributed by atoms with Gasteiger partial charge in [-0.15, -0.1) is 27.0 Å². The molecule has 168 valence electrons. The maximum absolute atomic E-state index is 14.2. The van der Waals surface area contributed by atoms with Crippen molar-refractivity contribution in [3.63, 3.8) is 0 Å². The Labute approximate surface area is 196 Å². The van der Waals surface area contributed by atoms with E-state index in [2.05, 4.69) is 32.3 Å². The van der Waals surface area contributed by atoms with Gasteiger partial charge in [-0.25, -0.2) is 8.78 Å². The molecule has 0 aliphatic carbocycles. The highest BCUT2D eigenvalue weighted by molar-refractivity contribution is 7.98. The number of rotatable bonds is 9. The molecular formula is C22H18F2N6OS2. The van der Waals surface area contributed by atoms with Gasteiger partial charge in [0.25, 0.3) is 5.91 Å². The van der Waals surface area contributed by atoms with Crippen molar-refractivity contribution in [2.75, 3.05) is 0 Å². The van der Waals surface area contributed by atoms with E-state index in [1.165, 1.54) is 41.3 Å². The van der Waals surface area contributed by atoms with E-state index in [0.29, 0.717) is 33.8 Å². The third-order valence-electron chi connectivity index (χ3n) is 4.50. The lowest BCUT2D eigenvalue weighted by atomic mass is 10.2. The van der Waals surface area contributed by atoms with E-state index in [9.17, 15) is 13.6 Å². The molecule has 2 aromatic heterocycles. The van der Waals surface area contributed by atoms with Crippen LogP contribution in [0.5, 0.6) is 0 Å². The van der Waals surface area contributed by atoms with Gasteiger partial charge < -0.3 is 5.32 Å². The van der Waals surface area contributed by atoms with Crippen molar-refractivity contribution >= 4 is 29.0 Å². The van der Waals surface area contributed by atoms with Crippen molar-refractivity contribution in [3.05, 3.63) is 88.4 Å². The Morgan fingerprint density at radius 2 is 1.88 bits per heavy atom. The number of nitrogens with one attached hydrogen (secondary N) is 1. The molecule has 2 aromatic carbocycles. The minimum absolute atomic E-state index is 0.229. The third-order valence-corrected chi connectivity index (χ3v) is 6.58. The van der Waals surface area contributed by atoms with E-state index >= 15 is 0 Å². The van der Waals surface area contributed by atoms with Gasteiger partial charge in [0.15, 0.2) is 11.0 Å². The first kappa shape index (κ1) is 22.7. The topological polar surface area (TPSA) is 85.6 Å². The summed E-state index contributed by atoms with van der Waals surface area (Å²) in [5, 5.41) is 20.5. The van der Waals surface area contributed by atoms with Crippen LogP contribution in [0, 0.1) is 11.6 Å². The minimum atomic E-state index is -0.382. The molecule has 0 aliphatic heterocycles. The first-order valence-electron chi connectivity index (χ1n) is 9.82. The van der Waals surface area contributed by atoms with Gasteiger partial charge in [-0.1, -0.05) is 53.4 Å². The molecule has 0 fully saturated rings. The van der Waals surface area contributed by atoms with Crippen LogP contribution >= 0.6 is 23.1 Å². The summed E-state index contributed by atoms with van der Waals surface area (Å²) < 4.78 is 29.0. The summed E-state index contributed by atoms with van der Waals surface area (Å²) in [5.74, 6) is -0.248. The molecule has 0 atom stereocenters. The summed E-state index contributed by atoms with van der Waals surface area (Å²) in [7, 11) is 0. The van der Waals surface area contributed by atoms with Gasteiger partial charge in [-0.3, -0.25) is 9.36 Å². The number of hydrogen-bond donors (Lipinski definition) is 1. The van der Waals surface area contributed by atoms with Gasteiger partial charge in [0, 0.05) is 13.1 Å². The first-order valence-corrected chi connectivity index (χ1v) is 11.6. The summed E-state index contributed by atoms with van der Waals surface area (Å²) in [6, 6.07) is 12.3. The van der Waals surface area contributed by atoms with Crippen LogP contribution in [-0.2, 0) is 18.8 Å². The number of carbonyl (C=O) groups is 1. The van der Waals surface area contributed by atoms with E-state index in [4.69, 9.17) is 0 Å². The first-order chi connectivity index (χ1) is 16.0. The van der Waals surface area contributed by atoms with Gasteiger partial charge in [-0.2, -0.15) is 0 Å². The second kappa shape index (κ2) is 10.5. The summed E-state index contributed by atoms with van der Waals surface area (Å²) in [4.78, 5) is 12.3. The molecular weight excluding hydrogens is 466 g/mol. The minimum Gasteiger partial charge on any atom is -0.346 e. The van der Waals surface area contributed by atoms with Crippen molar-refractivity contribution in [1.29, 1.82) is 0 Å². The van der Waals surface area contributed by atoms with Gasteiger partial charge in [-0.05, 0) is 29.8 Å². The fourth-order valence-electron chi connectivity index (χ4n) is 2.92. The molecule has 0 aliphatic rings. The lowest BCUT2D eigenvalue weighted by Gasteiger charge is -2.07. The fraction of sp³-hybridized carbons (Fsp3) is 0.136. The molecule has 1 N–H and O–H groups in total. The number of thioether (sulfide) groups is 1.